The zero-order valence-electron chi connectivity index (χ0n) is 9.69. The van der Waals surface area contributed by atoms with Gasteiger partial charge in [-0.25, -0.2) is 0 Å². The summed E-state index contributed by atoms with van der Waals surface area (Å²) in [6.07, 6.45) is 5.52. The zero-order valence-corrected chi connectivity index (χ0v) is 10.5. The Hall–Kier alpha value is -0.380. The Morgan fingerprint density at radius 1 is 1.19 bits per heavy atom. The van der Waals surface area contributed by atoms with Gasteiger partial charge in [0.2, 0.25) is 0 Å². The lowest BCUT2D eigenvalue weighted by Gasteiger charge is -2.34. The predicted molar refractivity (Wildman–Crippen MR) is 68.8 cm³/mol. The van der Waals surface area contributed by atoms with Crippen molar-refractivity contribution in [2.45, 2.75) is 44.3 Å². The number of hydrogen-bond donors (Lipinski definition) is 1. The lowest BCUT2D eigenvalue weighted by molar-refractivity contribution is 0.145. The summed E-state index contributed by atoms with van der Waals surface area (Å²) < 4.78 is 0. The van der Waals surface area contributed by atoms with Crippen LogP contribution in [0.2, 0.25) is 0 Å². The molecule has 0 bridgehead atoms. The van der Waals surface area contributed by atoms with E-state index >= 15 is 0 Å². The maximum Gasteiger partial charge on any atom is 0.0247 e. The molecule has 1 aromatic heterocycles. The Kier molecular flexibility index (Phi) is 3.27. The van der Waals surface area contributed by atoms with Crippen LogP contribution in [0.5, 0.6) is 0 Å². The minimum absolute atomic E-state index is 0.827. The van der Waals surface area contributed by atoms with E-state index in [1.807, 2.05) is 11.3 Å². The van der Waals surface area contributed by atoms with Gasteiger partial charge in [0.1, 0.15) is 0 Å². The second-order valence-electron chi connectivity index (χ2n) is 5.02. The van der Waals surface area contributed by atoms with Crippen molar-refractivity contribution in [1.82, 2.24) is 10.2 Å². The summed E-state index contributed by atoms with van der Waals surface area (Å²) in [6.45, 7) is 3.59. The van der Waals surface area contributed by atoms with Gasteiger partial charge < -0.3 is 5.32 Å². The molecule has 0 amide bonds. The molecule has 2 aliphatic rings. The second-order valence-corrected chi connectivity index (χ2v) is 5.80. The molecule has 3 rings (SSSR count). The van der Waals surface area contributed by atoms with Crippen molar-refractivity contribution >= 4 is 11.3 Å². The van der Waals surface area contributed by atoms with E-state index in [9.17, 15) is 0 Å². The molecule has 1 N–H and O–H groups in total. The van der Waals surface area contributed by atoms with Crippen molar-refractivity contribution < 1.29 is 0 Å². The summed E-state index contributed by atoms with van der Waals surface area (Å²) >= 11 is 1.82. The quantitative estimate of drug-likeness (QED) is 0.864. The van der Waals surface area contributed by atoms with E-state index < -0.39 is 0 Å². The maximum atomic E-state index is 3.46. The van der Waals surface area contributed by atoms with E-state index in [1.165, 1.54) is 50.9 Å². The highest BCUT2D eigenvalue weighted by molar-refractivity contribution is 7.07. The van der Waals surface area contributed by atoms with Gasteiger partial charge in [-0.3, -0.25) is 4.90 Å². The highest BCUT2D eigenvalue weighted by atomic mass is 32.1. The molecule has 0 unspecified atom stereocenters. The molecule has 1 saturated carbocycles. The van der Waals surface area contributed by atoms with Crippen LogP contribution in [0.3, 0.4) is 0 Å². The molecular formula is C13H20N2S. The molecule has 1 aliphatic carbocycles. The SMILES string of the molecule is c1cc(CN(C2CCNCC2)C2CC2)cs1. The first-order valence-corrected chi connectivity index (χ1v) is 7.35. The predicted octanol–water partition coefficient (Wildman–Crippen LogP) is 2.46. The third kappa shape index (κ3) is 2.47. The van der Waals surface area contributed by atoms with Gasteiger partial charge in [0, 0.05) is 18.6 Å². The van der Waals surface area contributed by atoms with E-state index in [0.29, 0.717) is 0 Å². The summed E-state index contributed by atoms with van der Waals surface area (Å²) in [5.41, 5.74) is 1.51. The monoisotopic (exact) mass is 236 g/mol. The second kappa shape index (κ2) is 4.86. The van der Waals surface area contributed by atoms with Crippen molar-refractivity contribution in [2.24, 2.45) is 0 Å². The van der Waals surface area contributed by atoms with Crippen molar-refractivity contribution in [3.05, 3.63) is 22.4 Å². The van der Waals surface area contributed by atoms with Crippen LogP contribution < -0.4 is 5.32 Å². The van der Waals surface area contributed by atoms with Gasteiger partial charge in [-0.1, -0.05) is 0 Å². The average molecular weight is 236 g/mol. The van der Waals surface area contributed by atoms with E-state index in [1.54, 1.807) is 0 Å². The van der Waals surface area contributed by atoms with Crippen LogP contribution in [-0.2, 0) is 6.54 Å². The number of rotatable bonds is 4. The summed E-state index contributed by atoms with van der Waals surface area (Å²) in [6, 6.07) is 4.00. The van der Waals surface area contributed by atoms with Crippen molar-refractivity contribution in [2.75, 3.05) is 13.1 Å². The van der Waals surface area contributed by atoms with Crippen LogP contribution in [0, 0.1) is 0 Å². The van der Waals surface area contributed by atoms with Gasteiger partial charge in [0.05, 0.1) is 0 Å². The third-order valence-electron chi connectivity index (χ3n) is 3.74. The topological polar surface area (TPSA) is 15.3 Å². The van der Waals surface area contributed by atoms with E-state index in [2.05, 4.69) is 27.0 Å². The lowest BCUT2D eigenvalue weighted by atomic mass is 10.0. The van der Waals surface area contributed by atoms with Gasteiger partial charge in [0.15, 0.2) is 0 Å². The molecule has 1 saturated heterocycles. The molecule has 2 nitrogen and oxygen atoms in total. The average Bonchev–Trinajstić information content (AvgIpc) is 3.05. The largest absolute Gasteiger partial charge is 0.317 e. The first-order valence-electron chi connectivity index (χ1n) is 6.41. The number of hydrogen-bond acceptors (Lipinski definition) is 3. The molecule has 0 radical (unpaired) electrons. The van der Waals surface area contributed by atoms with Crippen LogP contribution in [0.1, 0.15) is 31.2 Å². The van der Waals surface area contributed by atoms with Crippen LogP contribution in [-0.4, -0.2) is 30.1 Å². The zero-order chi connectivity index (χ0) is 10.8. The molecule has 2 heterocycles. The molecule has 88 valence electrons. The molecule has 1 aliphatic heterocycles. The Balaban J connectivity index is 1.65. The molecular weight excluding hydrogens is 216 g/mol. The normalized spacial score (nSPS) is 22.8. The standard InChI is InChI=1S/C13H20N2S/c1-2-12(1)15(9-11-5-8-16-10-11)13-3-6-14-7-4-13/h5,8,10,12-14H,1-4,6-7,9H2. The Morgan fingerprint density at radius 3 is 2.56 bits per heavy atom. The van der Waals surface area contributed by atoms with Crippen LogP contribution in [0.25, 0.3) is 0 Å². The minimum Gasteiger partial charge on any atom is -0.317 e. The fraction of sp³-hybridized carbons (Fsp3) is 0.692. The number of piperidine rings is 1. The highest BCUT2D eigenvalue weighted by Crippen LogP contribution is 2.32. The van der Waals surface area contributed by atoms with Gasteiger partial charge in [0.25, 0.3) is 0 Å². The number of nitrogens with zero attached hydrogens (tertiary/aromatic N) is 1. The van der Waals surface area contributed by atoms with E-state index in [4.69, 9.17) is 0 Å². The fourth-order valence-corrected chi connectivity index (χ4v) is 3.35. The van der Waals surface area contributed by atoms with Crippen LogP contribution >= 0.6 is 11.3 Å². The van der Waals surface area contributed by atoms with Crippen molar-refractivity contribution in [1.29, 1.82) is 0 Å². The maximum absolute atomic E-state index is 3.46. The Bertz CT molecular complexity index is 313. The first-order chi connectivity index (χ1) is 7.93. The van der Waals surface area contributed by atoms with Gasteiger partial charge in [-0.15, -0.1) is 0 Å². The van der Waals surface area contributed by atoms with Crippen LogP contribution in [0.4, 0.5) is 0 Å². The molecule has 0 spiro atoms. The molecule has 0 aromatic carbocycles. The third-order valence-corrected chi connectivity index (χ3v) is 4.47. The number of nitrogens with one attached hydrogen (secondary N) is 1. The van der Waals surface area contributed by atoms with Crippen molar-refractivity contribution in [3.8, 4) is 0 Å². The number of thiophene rings is 1. The lowest BCUT2D eigenvalue weighted by Crippen LogP contribution is -2.43. The Morgan fingerprint density at radius 2 is 1.94 bits per heavy atom. The van der Waals surface area contributed by atoms with Gasteiger partial charge in [-0.2, -0.15) is 11.3 Å². The molecule has 0 atom stereocenters. The van der Waals surface area contributed by atoms with Gasteiger partial charge in [-0.05, 0) is 61.2 Å². The van der Waals surface area contributed by atoms with E-state index in [0.717, 1.165) is 12.1 Å². The fourth-order valence-electron chi connectivity index (χ4n) is 2.69. The smallest absolute Gasteiger partial charge is 0.0247 e. The summed E-state index contributed by atoms with van der Waals surface area (Å²) in [5, 5.41) is 7.96. The van der Waals surface area contributed by atoms with E-state index in [-0.39, 0.29) is 0 Å². The molecule has 2 fully saturated rings. The summed E-state index contributed by atoms with van der Waals surface area (Å²) in [5.74, 6) is 0. The minimum atomic E-state index is 0.827. The Labute approximate surface area is 102 Å². The summed E-state index contributed by atoms with van der Waals surface area (Å²) in [7, 11) is 0. The first kappa shape index (κ1) is 10.8. The molecule has 16 heavy (non-hydrogen) atoms. The molecule has 1 aromatic rings. The van der Waals surface area contributed by atoms with Gasteiger partial charge >= 0.3 is 0 Å². The van der Waals surface area contributed by atoms with Crippen LogP contribution in [0.15, 0.2) is 16.8 Å². The molecule has 3 heteroatoms. The highest BCUT2D eigenvalue weighted by Gasteiger charge is 2.34. The van der Waals surface area contributed by atoms with Crippen molar-refractivity contribution in [3.63, 3.8) is 0 Å². The summed E-state index contributed by atoms with van der Waals surface area (Å²) in [4.78, 5) is 2.77.